The molecule has 2 N–H and O–H groups in total. The van der Waals surface area contributed by atoms with Gasteiger partial charge < -0.3 is 19.9 Å². The number of fused-ring (bicyclic) bond motifs is 3. The minimum Gasteiger partial charge on any atom is -0.457 e. The van der Waals surface area contributed by atoms with Crippen molar-refractivity contribution >= 4 is 22.5 Å². The summed E-state index contributed by atoms with van der Waals surface area (Å²) in [6.45, 7) is 2.98. The molecule has 4 heterocycles. The second-order valence-corrected chi connectivity index (χ2v) is 8.15. The van der Waals surface area contributed by atoms with Crippen molar-refractivity contribution in [1.82, 2.24) is 20.3 Å². The lowest BCUT2D eigenvalue weighted by Gasteiger charge is -2.35. The number of anilines is 2. The number of hydrogen-bond acceptors (Lipinski definition) is 5. The van der Waals surface area contributed by atoms with Gasteiger partial charge in [-0.2, -0.15) is 0 Å². The third-order valence-electron chi connectivity index (χ3n) is 6.42. The van der Waals surface area contributed by atoms with Crippen LogP contribution in [0.1, 0.15) is 18.4 Å². The number of hydrogen-bond donors (Lipinski definition) is 2. The van der Waals surface area contributed by atoms with Crippen LogP contribution in [0.3, 0.4) is 0 Å². The van der Waals surface area contributed by atoms with Crippen LogP contribution in [-0.2, 0) is 5.41 Å². The molecule has 6 nitrogen and oxygen atoms in total. The highest BCUT2D eigenvalue weighted by Crippen LogP contribution is 2.50. The van der Waals surface area contributed by atoms with Crippen LogP contribution < -0.4 is 15.0 Å². The van der Waals surface area contributed by atoms with E-state index in [1.165, 1.54) is 11.3 Å². The normalized spacial score (nSPS) is 17.4. The van der Waals surface area contributed by atoms with Crippen molar-refractivity contribution in [3.8, 4) is 11.5 Å². The Bertz CT molecular complexity index is 1200. The van der Waals surface area contributed by atoms with Crippen LogP contribution in [0.2, 0.25) is 0 Å². The molecular formula is C24H23N5O. The van der Waals surface area contributed by atoms with Gasteiger partial charge >= 0.3 is 0 Å². The zero-order valence-electron chi connectivity index (χ0n) is 16.6. The Kier molecular flexibility index (Phi) is 3.99. The highest BCUT2D eigenvalue weighted by molar-refractivity contribution is 5.91. The van der Waals surface area contributed by atoms with E-state index in [2.05, 4.69) is 49.4 Å². The molecule has 0 radical (unpaired) electrons. The second-order valence-electron chi connectivity index (χ2n) is 8.15. The number of rotatable bonds is 3. The minimum atomic E-state index is 0.101. The van der Waals surface area contributed by atoms with Crippen LogP contribution in [0, 0.1) is 0 Å². The lowest BCUT2D eigenvalue weighted by Crippen LogP contribution is -2.42. The first kappa shape index (κ1) is 17.5. The maximum Gasteiger partial charge on any atom is 0.145 e. The molecule has 0 saturated carbocycles. The first-order valence-electron chi connectivity index (χ1n) is 10.5. The Morgan fingerprint density at radius 1 is 0.933 bits per heavy atom. The van der Waals surface area contributed by atoms with Crippen molar-refractivity contribution < 1.29 is 4.74 Å². The van der Waals surface area contributed by atoms with Gasteiger partial charge in [0.15, 0.2) is 0 Å². The number of nitrogens with one attached hydrogen (secondary N) is 2. The third-order valence-corrected chi connectivity index (χ3v) is 6.42. The molecule has 2 aliphatic heterocycles. The predicted octanol–water partition coefficient (Wildman–Crippen LogP) is 4.52. The smallest absolute Gasteiger partial charge is 0.145 e. The first-order chi connectivity index (χ1) is 14.8. The molecule has 0 atom stereocenters. The van der Waals surface area contributed by atoms with Gasteiger partial charge in [0.1, 0.15) is 29.3 Å². The van der Waals surface area contributed by atoms with Gasteiger partial charge in [-0.05, 0) is 67.9 Å². The van der Waals surface area contributed by atoms with Gasteiger partial charge in [0.25, 0.3) is 0 Å². The molecule has 0 unspecified atom stereocenters. The van der Waals surface area contributed by atoms with E-state index in [0.29, 0.717) is 0 Å². The highest BCUT2D eigenvalue weighted by Gasteiger charge is 2.44. The molecule has 1 saturated heterocycles. The van der Waals surface area contributed by atoms with E-state index < -0.39 is 0 Å². The van der Waals surface area contributed by atoms with E-state index in [0.717, 1.165) is 60.8 Å². The number of nitrogens with zero attached hydrogens (tertiary/aromatic N) is 3. The lowest BCUT2D eigenvalue weighted by atomic mass is 9.75. The van der Waals surface area contributed by atoms with Crippen LogP contribution in [0.4, 0.5) is 11.5 Å². The van der Waals surface area contributed by atoms with E-state index >= 15 is 0 Å². The van der Waals surface area contributed by atoms with Crippen molar-refractivity contribution in [1.29, 1.82) is 0 Å². The van der Waals surface area contributed by atoms with Crippen molar-refractivity contribution in [2.75, 3.05) is 24.5 Å². The molecule has 30 heavy (non-hydrogen) atoms. The standard InChI is InChI=1S/C24H23N5O/c1-2-4-17(5-3-1)30-18-6-7-21-20(14-18)24(9-12-25-13-10-24)15-29(21)23-19-8-11-26-22(19)27-16-28-23/h1-8,11,14,16,25H,9-10,12-13,15H2,(H,26,27,28). The summed E-state index contributed by atoms with van der Waals surface area (Å²) >= 11 is 0. The molecule has 2 aromatic heterocycles. The van der Waals surface area contributed by atoms with E-state index in [1.54, 1.807) is 6.33 Å². The molecule has 1 fully saturated rings. The number of aromatic amines is 1. The summed E-state index contributed by atoms with van der Waals surface area (Å²) in [6, 6.07) is 18.5. The molecular weight excluding hydrogens is 374 g/mol. The van der Waals surface area contributed by atoms with Gasteiger partial charge in [-0.1, -0.05) is 18.2 Å². The Morgan fingerprint density at radius 2 is 1.80 bits per heavy atom. The van der Waals surface area contributed by atoms with E-state index in [9.17, 15) is 0 Å². The average molecular weight is 397 g/mol. The highest BCUT2D eigenvalue weighted by atomic mass is 16.5. The zero-order chi connectivity index (χ0) is 20.0. The van der Waals surface area contributed by atoms with Gasteiger partial charge in [0, 0.05) is 23.8 Å². The van der Waals surface area contributed by atoms with Crippen molar-refractivity contribution in [3.63, 3.8) is 0 Å². The SMILES string of the molecule is c1ccc(Oc2ccc3c(c2)C2(CCNCC2)CN3c2ncnc3[nH]ccc23)cc1. The van der Waals surface area contributed by atoms with Crippen LogP contribution in [-0.4, -0.2) is 34.6 Å². The van der Waals surface area contributed by atoms with Crippen LogP contribution in [0.25, 0.3) is 11.0 Å². The number of benzene rings is 2. The molecule has 6 rings (SSSR count). The lowest BCUT2D eigenvalue weighted by molar-refractivity contribution is 0.328. The number of piperidine rings is 1. The molecule has 1 spiro atoms. The average Bonchev–Trinajstić information content (AvgIpc) is 3.39. The van der Waals surface area contributed by atoms with Gasteiger partial charge in [-0.15, -0.1) is 0 Å². The summed E-state index contributed by atoms with van der Waals surface area (Å²) in [5.74, 6) is 2.71. The van der Waals surface area contributed by atoms with Gasteiger partial charge in [0.2, 0.25) is 0 Å². The fraction of sp³-hybridized carbons (Fsp3) is 0.250. The Morgan fingerprint density at radius 3 is 2.67 bits per heavy atom. The van der Waals surface area contributed by atoms with Crippen molar-refractivity contribution in [3.05, 3.63) is 72.7 Å². The molecule has 6 heteroatoms. The maximum atomic E-state index is 6.17. The van der Waals surface area contributed by atoms with Crippen molar-refractivity contribution in [2.24, 2.45) is 0 Å². The summed E-state index contributed by atoms with van der Waals surface area (Å²) in [5.41, 5.74) is 3.56. The van der Waals surface area contributed by atoms with Crippen LogP contribution in [0.5, 0.6) is 11.5 Å². The molecule has 0 bridgehead atoms. The largest absolute Gasteiger partial charge is 0.457 e. The molecule has 0 amide bonds. The number of H-pyrrole nitrogens is 1. The van der Waals surface area contributed by atoms with Crippen molar-refractivity contribution in [2.45, 2.75) is 18.3 Å². The minimum absolute atomic E-state index is 0.101. The Balaban J connectivity index is 1.46. The summed E-state index contributed by atoms with van der Waals surface area (Å²) in [7, 11) is 0. The Hall–Kier alpha value is -3.38. The van der Waals surface area contributed by atoms with Gasteiger partial charge in [-0.3, -0.25) is 0 Å². The summed E-state index contributed by atoms with van der Waals surface area (Å²) in [4.78, 5) is 14.6. The Labute approximate surface area is 174 Å². The van der Waals surface area contributed by atoms with Gasteiger partial charge in [0.05, 0.1) is 5.39 Å². The molecule has 2 aromatic carbocycles. The second kappa shape index (κ2) is 6.85. The van der Waals surface area contributed by atoms with Crippen LogP contribution >= 0.6 is 0 Å². The quantitative estimate of drug-likeness (QED) is 0.532. The van der Waals surface area contributed by atoms with E-state index in [1.807, 2.05) is 36.5 Å². The molecule has 4 aromatic rings. The number of para-hydroxylation sites is 1. The monoisotopic (exact) mass is 397 g/mol. The molecule has 150 valence electrons. The molecule has 2 aliphatic rings. The summed E-state index contributed by atoms with van der Waals surface area (Å²) < 4.78 is 6.17. The van der Waals surface area contributed by atoms with E-state index in [-0.39, 0.29) is 5.41 Å². The molecule has 0 aliphatic carbocycles. The summed E-state index contributed by atoms with van der Waals surface area (Å²) in [5, 5.41) is 4.58. The fourth-order valence-corrected chi connectivity index (χ4v) is 4.93. The predicted molar refractivity (Wildman–Crippen MR) is 118 cm³/mol. The third kappa shape index (κ3) is 2.75. The number of ether oxygens (including phenoxy) is 1. The fourth-order valence-electron chi connectivity index (χ4n) is 4.93. The number of aromatic nitrogens is 3. The topological polar surface area (TPSA) is 66.1 Å². The summed E-state index contributed by atoms with van der Waals surface area (Å²) in [6.07, 6.45) is 5.78. The van der Waals surface area contributed by atoms with E-state index in [4.69, 9.17) is 4.74 Å². The van der Waals surface area contributed by atoms with Gasteiger partial charge in [-0.25, -0.2) is 9.97 Å². The first-order valence-corrected chi connectivity index (χ1v) is 10.5. The van der Waals surface area contributed by atoms with Crippen LogP contribution in [0.15, 0.2) is 67.1 Å². The maximum absolute atomic E-state index is 6.17. The zero-order valence-corrected chi connectivity index (χ0v) is 16.6.